The molecule has 0 spiro atoms. The van der Waals surface area contributed by atoms with Crippen LogP contribution in [0.3, 0.4) is 0 Å². The smallest absolute Gasteiger partial charge is 0.0804 e. The van der Waals surface area contributed by atoms with Gasteiger partial charge in [-0.3, -0.25) is 0 Å². The molecule has 8 aromatic carbocycles. The summed E-state index contributed by atoms with van der Waals surface area (Å²) in [5, 5.41) is 9.21. The summed E-state index contributed by atoms with van der Waals surface area (Å²) in [7, 11) is -1.91. The fraction of sp³-hybridized carbons (Fsp3) is 0.0588. The Labute approximate surface area is 320 Å². The minimum atomic E-state index is -1.91. The predicted molar refractivity (Wildman–Crippen MR) is 238 cm³/mol. The molecule has 3 heterocycles. The predicted octanol–water partition coefficient (Wildman–Crippen LogP) is 13.2. The third-order valence-electron chi connectivity index (χ3n) is 11.5. The molecule has 11 aromatic rings. The van der Waals surface area contributed by atoms with E-state index in [0.29, 0.717) is 0 Å². The Morgan fingerprint density at radius 1 is 0.364 bits per heavy atom. The topological polar surface area (TPSA) is 14.8 Å². The van der Waals surface area contributed by atoms with Crippen molar-refractivity contribution in [2.45, 2.75) is 19.6 Å². The third kappa shape index (κ3) is 4.68. The van der Waals surface area contributed by atoms with Crippen molar-refractivity contribution < 1.29 is 0 Å². The number of para-hydroxylation sites is 6. The zero-order valence-corrected chi connectivity index (χ0v) is 32.2. The quantitative estimate of drug-likeness (QED) is 0.157. The molecule has 0 saturated heterocycles. The van der Waals surface area contributed by atoms with Crippen molar-refractivity contribution in [3.8, 4) is 28.2 Å². The van der Waals surface area contributed by atoms with Gasteiger partial charge in [-0.15, -0.1) is 0 Å². The maximum absolute atomic E-state index is 2.55. The van der Waals surface area contributed by atoms with E-state index >= 15 is 0 Å². The second kappa shape index (κ2) is 11.9. The molecule has 0 aliphatic carbocycles. The molecule has 4 heteroatoms. The summed E-state index contributed by atoms with van der Waals surface area (Å²) in [6.07, 6.45) is 0. The first-order valence-corrected chi connectivity index (χ1v) is 22.7. The van der Waals surface area contributed by atoms with Crippen LogP contribution in [0.5, 0.6) is 0 Å². The lowest BCUT2D eigenvalue weighted by Gasteiger charge is -2.22. The number of hydrogen-bond acceptors (Lipinski definition) is 0. The van der Waals surface area contributed by atoms with Crippen LogP contribution >= 0.6 is 0 Å². The standard InChI is InChI=1S/C51H39N3Si/c1-55(2,3)48-33-47-49(50-40-25-13-16-28-44(40)53(51(48)50)36-20-8-5-9-21-36)39-24-12-17-29-45(39)54(47)42-26-14-10-22-37(42)34-30-31-46-41(32-34)38-23-11-15-27-43(38)52(46)35-18-6-4-7-19-35/h4-33H,1-3H3. The molecular formula is C51H39N3Si. The van der Waals surface area contributed by atoms with Gasteiger partial charge in [-0.25, -0.2) is 0 Å². The maximum atomic E-state index is 2.55. The molecule has 0 unspecified atom stereocenters. The van der Waals surface area contributed by atoms with Crippen molar-refractivity contribution in [2.24, 2.45) is 0 Å². The van der Waals surface area contributed by atoms with E-state index in [2.05, 4.69) is 215 Å². The highest BCUT2D eigenvalue weighted by Gasteiger charge is 2.29. The van der Waals surface area contributed by atoms with E-state index in [1.807, 2.05) is 0 Å². The zero-order valence-electron chi connectivity index (χ0n) is 31.2. The molecule has 55 heavy (non-hydrogen) atoms. The summed E-state index contributed by atoms with van der Waals surface area (Å²) in [6.45, 7) is 7.47. The molecular weight excluding hydrogens is 683 g/mol. The summed E-state index contributed by atoms with van der Waals surface area (Å²) in [5.41, 5.74) is 13.5. The molecule has 0 amide bonds. The molecule has 0 fully saturated rings. The summed E-state index contributed by atoms with van der Waals surface area (Å²) in [5.74, 6) is 0. The Morgan fingerprint density at radius 3 is 1.55 bits per heavy atom. The van der Waals surface area contributed by atoms with Gasteiger partial charge >= 0.3 is 0 Å². The molecule has 0 radical (unpaired) electrons. The Hall–Kier alpha value is -6.62. The van der Waals surface area contributed by atoms with Gasteiger partial charge in [0, 0.05) is 49.3 Å². The van der Waals surface area contributed by atoms with Crippen LogP contribution in [0, 0.1) is 0 Å². The average Bonchev–Trinajstić information content (AvgIpc) is 3.86. The lowest BCUT2D eigenvalue weighted by Crippen LogP contribution is -2.39. The van der Waals surface area contributed by atoms with Gasteiger partial charge in [-0.05, 0) is 77.5 Å². The molecule has 0 aliphatic heterocycles. The zero-order chi connectivity index (χ0) is 36.8. The van der Waals surface area contributed by atoms with Crippen LogP contribution in [0.2, 0.25) is 19.6 Å². The fourth-order valence-electron chi connectivity index (χ4n) is 9.20. The number of rotatable bonds is 5. The van der Waals surface area contributed by atoms with E-state index in [0.717, 1.165) is 0 Å². The molecule has 11 rings (SSSR count). The van der Waals surface area contributed by atoms with Crippen molar-refractivity contribution in [1.82, 2.24) is 13.7 Å². The van der Waals surface area contributed by atoms with Crippen molar-refractivity contribution in [3.05, 3.63) is 182 Å². The number of aromatic nitrogens is 3. The van der Waals surface area contributed by atoms with Crippen LogP contribution in [-0.2, 0) is 0 Å². The molecule has 3 nitrogen and oxygen atoms in total. The maximum Gasteiger partial charge on any atom is 0.0804 e. The van der Waals surface area contributed by atoms with Crippen LogP contribution < -0.4 is 5.19 Å². The van der Waals surface area contributed by atoms with E-state index in [1.165, 1.54) is 98.8 Å². The van der Waals surface area contributed by atoms with Gasteiger partial charge in [0.15, 0.2) is 0 Å². The number of nitrogens with zero attached hydrogens (tertiary/aromatic N) is 3. The van der Waals surface area contributed by atoms with Gasteiger partial charge in [0.05, 0.1) is 46.9 Å². The van der Waals surface area contributed by atoms with Crippen LogP contribution in [-0.4, -0.2) is 21.8 Å². The lowest BCUT2D eigenvalue weighted by molar-refractivity contribution is 1.17. The number of benzene rings is 8. The molecule has 262 valence electrons. The Kier molecular flexibility index (Phi) is 6.92. The first-order chi connectivity index (χ1) is 27.0. The number of fused-ring (bicyclic) bond motifs is 10. The van der Waals surface area contributed by atoms with Crippen molar-refractivity contribution >= 4 is 78.7 Å². The van der Waals surface area contributed by atoms with Gasteiger partial charge in [0.25, 0.3) is 0 Å². The van der Waals surface area contributed by atoms with E-state index in [9.17, 15) is 0 Å². The summed E-state index contributed by atoms with van der Waals surface area (Å²) in [4.78, 5) is 0. The third-order valence-corrected chi connectivity index (χ3v) is 13.5. The van der Waals surface area contributed by atoms with Gasteiger partial charge < -0.3 is 13.7 Å². The SMILES string of the molecule is C[Si](C)(C)c1cc2c(c3ccccc3n2-c2ccccc2-c2ccc3c(c2)c2ccccc2n3-c2ccccc2)c2c3ccccc3n(-c3ccccc3)c12. The molecule has 0 aliphatic rings. The van der Waals surface area contributed by atoms with Crippen molar-refractivity contribution in [1.29, 1.82) is 0 Å². The number of hydrogen-bond donors (Lipinski definition) is 0. The summed E-state index contributed by atoms with van der Waals surface area (Å²) in [6, 6.07) is 67.0. The molecule has 0 atom stereocenters. The van der Waals surface area contributed by atoms with E-state index in [-0.39, 0.29) is 0 Å². The monoisotopic (exact) mass is 721 g/mol. The Morgan fingerprint density at radius 2 is 0.873 bits per heavy atom. The average molecular weight is 722 g/mol. The van der Waals surface area contributed by atoms with Gasteiger partial charge in [-0.1, -0.05) is 135 Å². The minimum Gasteiger partial charge on any atom is -0.309 e. The fourth-order valence-corrected chi connectivity index (χ4v) is 10.7. The van der Waals surface area contributed by atoms with Crippen LogP contribution in [0.1, 0.15) is 0 Å². The van der Waals surface area contributed by atoms with Crippen LogP contribution in [0.15, 0.2) is 182 Å². The molecule has 3 aromatic heterocycles. The normalized spacial score (nSPS) is 12.3. The highest BCUT2D eigenvalue weighted by molar-refractivity contribution is 6.90. The summed E-state index contributed by atoms with van der Waals surface area (Å²) < 4.78 is 7.47. The van der Waals surface area contributed by atoms with Gasteiger partial charge in [0.1, 0.15) is 0 Å². The highest BCUT2D eigenvalue weighted by atomic mass is 28.3. The van der Waals surface area contributed by atoms with E-state index in [1.54, 1.807) is 0 Å². The minimum absolute atomic E-state index is 1.17. The lowest BCUT2D eigenvalue weighted by atomic mass is 10.0. The Bertz CT molecular complexity index is 3280. The molecule has 0 N–H and O–H groups in total. The van der Waals surface area contributed by atoms with Gasteiger partial charge in [-0.2, -0.15) is 0 Å². The van der Waals surface area contributed by atoms with Crippen LogP contribution in [0.4, 0.5) is 0 Å². The Balaban J connectivity index is 1.24. The second-order valence-corrected chi connectivity index (χ2v) is 20.8. The van der Waals surface area contributed by atoms with Gasteiger partial charge in [0.2, 0.25) is 0 Å². The highest BCUT2D eigenvalue weighted by Crippen LogP contribution is 2.44. The van der Waals surface area contributed by atoms with Crippen molar-refractivity contribution in [2.75, 3.05) is 0 Å². The first-order valence-electron chi connectivity index (χ1n) is 19.2. The molecule has 0 bridgehead atoms. The largest absolute Gasteiger partial charge is 0.309 e. The molecule has 0 saturated carbocycles. The second-order valence-electron chi connectivity index (χ2n) is 15.8. The van der Waals surface area contributed by atoms with Crippen molar-refractivity contribution in [3.63, 3.8) is 0 Å². The van der Waals surface area contributed by atoms with E-state index in [4.69, 9.17) is 0 Å². The first kappa shape index (κ1) is 31.9. The van der Waals surface area contributed by atoms with Crippen LogP contribution in [0.25, 0.3) is 93.6 Å². The summed E-state index contributed by atoms with van der Waals surface area (Å²) >= 11 is 0. The van der Waals surface area contributed by atoms with E-state index < -0.39 is 8.07 Å².